The Balaban J connectivity index is 1.84. The molecule has 0 saturated heterocycles. The lowest BCUT2D eigenvalue weighted by molar-refractivity contribution is 0.280. The van der Waals surface area contributed by atoms with Gasteiger partial charge in [0.2, 0.25) is 5.82 Å². The number of aromatic nitrogens is 5. The van der Waals surface area contributed by atoms with E-state index in [1.165, 1.54) is 14.2 Å². The fourth-order valence-electron chi connectivity index (χ4n) is 4.37. The molecule has 0 unspecified atom stereocenters. The third kappa shape index (κ3) is 5.41. The zero-order valence-corrected chi connectivity index (χ0v) is 22.8. The number of hydrogen-bond donors (Lipinski definition) is 1. The van der Waals surface area contributed by atoms with Gasteiger partial charge in [-0.15, -0.1) is 10.2 Å². The summed E-state index contributed by atoms with van der Waals surface area (Å²) in [7, 11) is -0.884. The van der Waals surface area contributed by atoms with Crippen molar-refractivity contribution in [3.63, 3.8) is 0 Å². The van der Waals surface area contributed by atoms with E-state index in [2.05, 4.69) is 20.2 Å². The summed E-state index contributed by atoms with van der Waals surface area (Å²) in [5.74, 6) is 1.69. The number of aliphatic hydroxyl groups excluding tert-OH is 1. The van der Waals surface area contributed by atoms with Crippen LogP contribution in [0.25, 0.3) is 17.3 Å². The Labute approximate surface area is 221 Å². The zero-order chi connectivity index (χ0) is 27.4. The quantitative estimate of drug-likeness (QED) is 0.300. The van der Waals surface area contributed by atoms with Crippen LogP contribution < -0.4 is 9.47 Å². The van der Waals surface area contributed by atoms with Crippen LogP contribution in [0.1, 0.15) is 42.2 Å². The second-order valence-electron chi connectivity index (χ2n) is 8.96. The number of aryl methyl sites for hydroxylation is 2. The molecule has 12 heteroatoms. The molecule has 1 N–H and O–H groups in total. The van der Waals surface area contributed by atoms with Gasteiger partial charge in [-0.25, -0.2) is 18.4 Å². The Kier molecular flexibility index (Phi) is 8.12. The van der Waals surface area contributed by atoms with E-state index in [9.17, 15) is 13.5 Å². The van der Waals surface area contributed by atoms with E-state index in [1.54, 1.807) is 61.1 Å². The largest absolute Gasteiger partial charge is 0.494 e. The summed E-state index contributed by atoms with van der Waals surface area (Å²) in [5, 5.41) is 17.4. The summed E-state index contributed by atoms with van der Waals surface area (Å²) >= 11 is 0. The lowest BCUT2D eigenvalue weighted by atomic mass is 10.0. The number of aliphatic hydroxyl groups is 1. The first-order valence-electron chi connectivity index (χ1n) is 12.0. The van der Waals surface area contributed by atoms with E-state index < -0.39 is 26.8 Å². The molecule has 0 bridgehead atoms. The molecule has 0 aliphatic heterocycles. The van der Waals surface area contributed by atoms with Gasteiger partial charge in [0.05, 0.1) is 19.5 Å². The van der Waals surface area contributed by atoms with Gasteiger partial charge in [-0.3, -0.25) is 4.57 Å². The number of furan rings is 1. The predicted molar refractivity (Wildman–Crippen MR) is 140 cm³/mol. The van der Waals surface area contributed by atoms with Crippen molar-refractivity contribution in [3.05, 3.63) is 65.7 Å². The highest BCUT2D eigenvalue weighted by molar-refractivity contribution is 7.91. The number of sulfone groups is 1. The number of benzene rings is 1. The molecule has 0 fully saturated rings. The summed E-state index contributed by atoms with van der Waals surface area (Å²) in [6, 6.07) is 8.75. The Morgan fingerprint density at radius 1 is 1.03 bits per heavy atom. The maximum absolute atomic E-state index is 13.9. The van der Waals surface area contributed by atoms with Crippen molar-refractivity contribution in [1.82, 2.24) is 24.7 Å². The Bertz CT molecular complexity index is 1470. The van der Waals surface area contributed by atoms with Gasteiger partial charge in [0.25, 0.3) is 0 Å². The lowest BCUT2D eigenvalue weighted by Crippen LogP contribution is -2.31. The average Bonchev–Trinajstić information content (AvgIpc) is 3.51. The molecule has 0 amide bonds. The van der Waals surface area contributed by atoms with Gasteiger partial charge in [0, 0.05) is 24.9 Å². The number of hydrogen-bond acceptors (Lipinski definition) is 10. The SMILES string of the molecule is COc1cccc(OC)c1-n1c(CS(=O)(=O)[C@H](CCO)[C@@H](C)c2ncc(C)cn2)nnc1-c1ccc(C)o1. The third-order valence-corrected chi connectivity index (χ3v) is 8.51. The minimum atomic E-state index is -3.90. The predicted octanol–water partition coefficient (Wildman–Crippen LogP) is 3.42. The van der Waals surface area contributed by atoms with Gasteiger partial charge >= 0.3 is 0 Å². The molecule has 4 aromatic rings. The Morgan fingerprint density at radius 2 is 1.68 bits per heavy atom. The molecule has 2 atom stereocenters. The highest BCUT2D eigenvalue weighted by Crippen LogP contribution is 2.37. The first-order chi connectivity index (χ1) is 18.2. The molecule has 38 heavy (non-hydrogen) atoms. The van der Waals surface area contributed by atoms with E-state index >= 15 is 0 Å². The minimum Gasteiger partial charge on any atom is -0.494 e. The van der Waals surface area contributed by atoms with E-state index in [4.69, 9.17) is 13.9 Å². The molecule has 3 aromatic heterocycles. The molecule has 0 aliphatic carbocycles. The topological polar surface area (TPSA) is 142 Å². The number of methoxy groups -OCH3 is 2. The average molecular weight is 542 g/mol. The van der Waals surface area contributed by atoms with Crippen LogP contribution in [0.2, 0.25) is 0 Å². The molecule has 202 valence electrons. The first-order valence-corrected chi connectivity index (χ1v) is 13.7. The Hall–Kier alpha value is -3.77. The third-order valence-electron chi connectivity index (χ3n) is 6.29. The van der Waals surface area contributed by atoms with E-state index in [0.717, 1.165) is 5.56 Å². The van der Waals surface area contributed by atoms with Crippen molar-refractivity contribution in [2.75, 3.05) is 20.8 Å². The molecule has 0 spiro atoms. The fourth-order valence-corrected chi connectivity index (χ4v) is 6.34. The van der Waals surface area contributed by atoms with Gasteiger partial charge in [-0.2, -0.15) is 0 Å². The highest BCUT2D eigenvalue weighted by Gasteiger charge is 2.35. The molecular weight excluding hydrogens is 510 g/mol. The lowest BCUT2D eigenvalue weighted by Gasteiger charge is -2.23. The van der Waals surface area contributed by atoms with Crippen LogP contribution in [0, 0.1) is 13.8 Å². The molecule has 11 nitrogen and oxygen atoms in total. The van der Waals surface area contributed by atoms with Gasteiger partial charge < -0.3 is 19.0 Å². The second kappa shape index (κ2) is 11.3. The van der Waals surface area contributed by atoms with Crippen LogP contribution in [0.4, 0.5) is 0 Å². The molecule has 1 aromatic carbocycles. The van der Waals surface area contributed by atoms with E-state index in [1.807, 2.05) is 6.92 Å². The maximum atomic E-state index is 13.9. The van der Waals surface area contributed by atoms with Crippen LogP contribution in [0.5, 0.6) is 11.5 Å². The maximum Gasteiger partial charge on any atom is 0.204 e. The molecule has 3 heterocycles. The number of rotatable bonds is 11. The van der Waals surface area contributed by atoms with Crippen LogP contribution in [0.3, 0.4) is 0 Å². The van der Waals surface area contributed by atoms with Crippen molar-refractivity contribution < 1.29 is 27.4 Å². The minimum absolute atomic E-state index is 0.0110. The monoisotopic (exact) mass is 541 g/mol. The first kappa shape index (κ1) is 27.3. The van der Waals surface area contributed by atoms with E-state index in [-0.39, 0.29) is 18.9 Å². The highest BCUT2D eigenvalue weighted by atomic mass is 32.2. The van der Waals surface area contributed by atoms with Crippen molar-refractivity contribution in [3.8, 4) is 28.8 Å². The Morgan fingerprint density at radius 3 is 2.24 bits per heavy atom. The number of para-hydroxylation sites is 1. The smallest absolute Gasteiger partial charge is 0.204 e. The molecule has 4 rings (SSSR count). The standard InChI is InChI=1S/C26H31N5O6S/c1-16-13-27-25(28-14-16)18(3)22(11-12-32)38(33,34)15-23-29-30-26(21-10-9-17(2)37-21)31(23)24-19(35-4)7-6-8-20(24)36-5/h6-10,13-14,18,22,32H,11-12,15H2,1-5H3/t18-,22-/m1/s1. The van der Waals surface area contributed by atoms with Crippen LogP contribution >= 0.6 is 0 Å². The number of ether oxygens (including phenoxy) is 2. The van der Waals surface area contributed by atoms with E-state index in [0.29, 0.717) is 40.4 Å². The second-order valence-corrected chi connectivity index (χ2v) is 11.2. The van der Waals surface area contributed by atoms with Gasteiger partial charge in [0.15, 0.2) is 21.4 Å². The molecular formula is C26H31N5O6S. The summed E-state index contributed by atoms with van der Waals surface area (Å²) < 4.78 is 46.3. The van der Waals surface area contributed by atoms with Crippen molar-refractivity contribution >= 4 is 9.84 Å². The van der Waals surface area contributed by atoms with Crippen molar-refractivity contribution in [2.45, 2.75) is 44.1 Å². The summed E-state index contributed by atoms with van der Waals surface area (Å²) in [5.41, 5.74) is 1.30. The molecule has 0 aliphatic rings. The van der Waals surface area contributed by atoms with Gasteiger partial charge in [-0.1, -0.05) is 13.0 Å². The summed E-state index contributed by atoms with van der Waals surface area (Å²) in [4.78, 5) is 8.65. The molecule has 0 radical (unpaired) electrons. The molecule has 0 saturated carbocycles. The van der Waals surface area contributed by atoms with Gasteiger partial charge in [-0.05, 0) is 50.1 Å². The van der Waals surface area contributed by atoms with Crippen LogP contribution in [-0.4, -0.2) is 64.3 Å². The van der Waals surface area contributed by atoms with Crippen LogP contribution in [-0.2, 0) is 15.6 Å². The zero-order valence-electron chi connectivity index (χ0n) is 22.0. The van der Waals surface area contributed by atoms with Crippen molar-refractivity contribution in [1.29, 1.82) is 0 Å². The van der Waals surface area contributed by atoms with Crippen molar-refractivity contribution in [2.24, 2.45) is 0 Å². The summed E-state index contributed by atoms with van der Waals surface area (Å²) in [6.45, 7) is 5.08. The van der Waals surface area contributed by atoms with Crippen LogP contribution in [0.15, 0.2) is 47.1 Å². The fraction of sp³-hybridized carbons (Fsp3) is 0.385. The summed E-state index contributed by atoms with van der Waals surface area (Å²) in [6.07, 6.45) is 3.30. The van der Waals surface area contributed by atoms with Gasteiger partial charge in [0.1, 0.15) is 34.5 Å². The normalized spacial score (nSPS) is 13.3. The number of nitrogens with zero attached hydrogens (tertiary/aromatic N) is 5.